The number of amides is 1. The molecule has 4 heteroatoms. The second kappa shape index (κ2) is 6.57. The molecule has 0 spiro atoms. The van der Waals surface area contributed by atoms with Gasteiger partial charge in [-0.05, 0) is 50.6 Å². The average Bonchev–Trinajstić information content (AvgIpc) is 2.48. The number of piperidine rings is 1. The van der Waals surface area contributed by atoms with E-state index in [4.69, 9.17) is 4.74 Å². The van der Waals surface area contributed by atoms with Gasteiger partial charge in [0, 0.05) is 19.3 Å². The number of nitrogens with zero attached hydrogens (tertiary/aromatic N) is 1. The van der Waals surface area contributed by atoms with E-state index in [-0.39, 0.29) is 11.8 Å². The molecule has 0 radical (unpaired) electrons. The highest BCUT2D eigenvalue weighted by molar-refractivity contribution is 5.94. The molecule has 1 aliphatic heterocycles. The Labute approximate surface area is 114 Å². The minimum atomic E-state index is 0.102. The first kappa shape index (κ1) is 13.9. The van der Waals surface area contributed by atoms with Crippen LogP contribution in [0.15, 0.2) is 24.3 Å². The summed E-state index contributed by atoms with van der Waals surface area (Å²) in [5.74, 6) is 1.13. The molecule has 1 aromatic carbocycles. The maximum Gasteiger partial charge on any atom is 0.231 e. The monoisotopic (exact) mass is 262 g/mol. The first-order valence-corrected chi connectivity index (χ1v) is 6.93. The van der Waals surface area contributed by atoms with Crippen LogP contribution in [0.5, 0.6) is 5.75 Å². The summed E-state index contributed by atoms with van der Waals surface area (Å²) in [5, 5.41) is 3.28. The van der Waals surface area contributed by atoms with Crippen LogP contribution in [0.1, 0.15) is 19.8 Å². The van der Waals surface area contributed by atoms with Gasteiger partial charge >= 0.3 is 0 Å². The highest BCUT2D eigenvalue weighted by Crippen LogP contribution is 2.21. The third kappa shape index (κ3) is 3.47. The molecule has 0 bridgehead atoms. The normalized spacial score (nSPS) is 18.9. The summed E-state index contributed by atoms with van der Waals surface area (Å²) in [7, 11) is 1.84. The third-order valence-corrected chi connectivity index (χ3v) is 3.51. The van der Waals surface area contributed by atoms with Crippen molar-refractivity contribution >= 4 is 11.6 Å². The molecule has 1 heterocycles. The van der Waals surface area contributed by atoms with Crippen LogP contribution in [0.3, 0.4) is 0 Å². The minimum absolute atomic E-state index is 0.102. The number of carbonyl (C=O) groups is 1. The van der Waals surface area contributed by atoms with E-state index in [2.05, 4.69) is 5.32 Å². The molecule has 1 unspecified atom stereocenters. The van der Waals surface area contributed by atoms with Crippen molar-refractivity contribution in [2.24, 2.45) is 5.92 Å². The van der Waals surface area contributed by atoms with Crippen LogP contribution in [0.2, 0.25) is 0 Å². The molecule has 0 saturated carbocycles. The highest BCUT2D eigenvalue weighted by atomic mass is 16.5. The smallest absolute Gasteiger partial charge is 0.231 e. The lowest BCUT2D eigenvalue weighted by molar-refractivity contribution is -0.122. The first-order valence-electron chi connectivity index (χ1n) is 6.93. The van der Waals surface area contributed by atoms with Gasteiger partial charge in [-0.15, -0.1) is 0 Å². The quantitative estimate of drug-likeness (QED) is 0.903. The second-order valence-corrected chi connectivity index (χ2v) is 4.87. The zero-order valence-electron chi connectivity index (χ0n) is 11.7. The van der Waals surface area contributed by atoms with E-state index in [0.29, 0.717) is 6.61 Å². The zero-order chi connectivity index (χ0) is 13.7. The molecule has 104 valence electrons. The molecule has 1 fully saturated rings. The molecule has 0 aliphatic carbocycles. The van der Waals surface area contributed by atoms with Crippen molar-refractivity contribution in [3.05, 3.63) is 24.3 Å². The van der Waals surface area contributed by atoms with Gasteiger partial charge in [-0.1, -0.05) is 0 Å². The molecule has 0 aromatic heterocycles. The number of hydrogen-bond acceptors (Lipinski definition) is 3. The first-order chi connectivity index (χ1) is 9.22. The summed E-state index contributed by atoms with van der Waals surface area (Å²) in [4.78, 5) is 14.1. The number of rotatable bonds is 4. The van der Waals surface area contributed by atoms with Gasteiger partial charge in [0.15, 0.2) is 0 Å². The van der Waals surface area contributed by atoms with Crippen molar-refractivity contribution in [3.8, 4) is 5.75 Å². The molecule has 4 nitrogen and oxygen atoms in total. The van der Waals surface area contributed by atoms with Gasteiger partial charge < -0.3 is 15.0 Å². The van der Waals surface area contributed by atoms with Gasteiger partial charge in [-0.3, -0.25) is 4.79 Å². The van der Waals surface area contributed by atoms with E-state index in [0.717, 1.165) is 37.4 Å². The van der Waals surface area contributed by atoms with Gasteiger partial charge in [0.2, 0.25) is 5.91 Å². The van der Waals surface area contributed by atoms with Gasteiger partial charge in [-0.25, -0.2) is 0 Å². The standard InChI is InChI=1S/C15H22N2O2/c1-3-19-14-8-6-13(7-9-14)17(2)15(18)12-5-4-10-16-11-12/h6-9,12,16H,3-5,10-11H2,1-2H3. The van der Waals surface area contributed by atoms with Crippen molar-refractivity contribution in [2.75, 3.05) is 31.6 Å². The summed E-state index contributed by atoms with van der Waals surface area (Å²) in [6, 6.07) is 7.67. The van der Waals surface area contributed by atoms with Crippen LogP contribution in [-0.2, 0) is 4.79 Å². The van der Waals surface area contributed by atoms with Crippen molar-refractivity contribution in [1.29, 1.82) is 0 Å². The highest BCUT2D eigenvalue weighted by Gasteiger charge is 2.24. The van der Waals surface area contributed by atoms with Crippen molar-refractivity contribution < 1.29 is 9.53 Å². The van der Waals surface area contributed by atoms with Crippen LogP contribution in [0, 0.1) is 5.92 Å². The fraction of sp³-hybridized carbons (Fsp3) is 0.533. The molecule has 1 amide bonds. The van der Waals surface area contributed by atoms with Crippen LogP contribution in [0.4, 0.5) is 5.69 Å². The molecule has 1 atom stereocenters. The van der Waals surface area contributed by atoms with Crippen molar-refractivity contribution in [3.63, 3.8) is 0 Å². The molecule has 19 heavy (non-hydrogen) atoms. The predicted octanol–water partition coefficient (Wildman–Crippen LogP) is 2.05. The number of benzene rings is 1. The number of hydrogen-bond donors (Lipinski definition) is 1. The minimum Gasteiger partial charge on any atom is -0.494 e. The Morgan fingerprint density at radius 2 is 2.16 bits per heavy atom. The largest absolute Gasteiger partial charge is 0.494 e. The summed E-state index contributed by atoms with van der Waals surface area (Å²) in [5.41, 5.74) is 0.916. The van der Waals surface area contributed by atoms with Crippen LogP contribution < -0.4 is 15.0 Å². The number of ether oxygens (including phenoxy) is 1. The van der Waals surface area contributed by atoms with Gasteiger partial charge in [0.25, 0.3) is 0 Å². The summed E-state index contributed by atoms with van der Waals surface area (Å²) < 4.78 is 5.40. The zero-order valence-corrected chi connectivity index (χ0v) is 11.7. The summed E-state index contributed by atoms with van der Waals surface area (Å²) >= 11 is 0. The number of anilines is 1. The maximum absolute atomic E-state index is 12.4. The van der Waals surface area contributed by atoms with Gasteiger partial charge in [0.1, 0.15) is 5.75 Å². The Balaban J connectivity index is 2.01. The Bertz CT molecular complexity index is 411. The van der Waals surface area contributed by atoms with Gasteiger partial charge in [0.05, 0.1) is 12.5 Å². The molecule has 1 N–H and O–H groups in total. The number of nitrogens with one attached hydrogen (secondary N) is 1. The fourth-order valence-corrected chi connectivity index (χ4v) is 2.40. The lowest BCUT2D eigenvalue weighted by Crippen LogP contribution is -2.41. The SMILES string of the molecule is CCOc1ccc(N(C)C(=O)C2CCCNC2)cc1. The third-order valence-electron chi connectivity index (χ3n) is 3.51. The molecule has 1 aromatic rings. The molecule has 1 aliphatic rings. The van der Waals surface area contributed by atoms with E-state index < -0.39 is 0 Å². The van der Waals surface area contributed by atoms with E-state index >= 15 is 0 Å². The van der Waals surface area contributed by atoms with Crippen LogP contribution in [0.25, 0.3) is 0 Å². The lowest BCUT2D eigenvalue weighted by atomic mass is 9.98. The molecular weight excluding hydrogens is 240 g/mol. The number of carbonyl (C=O) groups excluding carboxylic acids is 1. The van der Waals surface area contributed by atoms with E-state index in [1.54, 1.807) is 4.90 Å². The summed E-state index contributed by atoms with van der Waals surface area (Å²) in [6.45, 7) is 4.43. The average molecular weight is 262 g/mol. The topological polar surface area (TPSA) is 41.6 Å². The van der Waals surface area contributed by atoms with E-state index in [1.165, 1.54) is 0 Å². The van der Waals surface area contributed by atoms with Gasteiger partial charge in [-0.2, -0.15) is 0 Å². The molecular formula is C15H22N2O2. The fourth-order valence-electron chi connectivity index (χ4n) is 2.40. The van der Waals surface area contributed by atoms with E-state index in [1.807, 2.05) is 38.2 Å². The Morgan fingerprint density at radius 1 is 1.42 bits per heavy atom. The predicted molar refractivity (Wildman–Crippen MR) is 76.6 cm³/mol. The van der Waals surface area contributed by atoms with Crippen LogP contribution >= 0.6 is 0 Å². The lowest BCUT2D eigenvalue weighted by Gasteiger charge is -2.27. The van der Waals surface area contributed by atoms with E-state index in [9.17, 15) is 4.79 Å². The Morgan fingerprint density at radius 3 is 2.74 bits per heavy atom. The van der Waals surface area contributed by atoms with Crippen molar-refractivity contribution in [2.45, 2.75) is 19.8 Å². The Hall–Kier alpha value is -1.55. The van der Waals surface area contributed by atoms with Crippen LogP contribution in [-0.4, -0.2) is 32.7 Å². The summed E-state index contributed by atoms with van der Waals surface area (Å²) in [6.07, 6.45) is 2.06. The maximum atomic E-state index is 12.4. The van der Waals surface area contributed by atoms with Crippen molar-refractivity contribution in [1.82, 2.24) is 5.32 Å². The molecule has 2 rings (SSSR count). The second-order valence-electron chi connectivity index (χ2n) is 4.87. The molecule has 1 saturated heterocycles. The Kier molecular flexibility index (Phi) is 4.80.